The van der Waals surface area contributed by atoms with E-state index in [2.05, 4.69) is 16.8 Å². The van der Waals surface area contributed by atoms with Crippen LogP contribution in [0.25, 0.3) is 10.9 Å². The van der Waals surface area contributed by atoms with Crippen LogP contribution in [-0.2, 0) is 4.79 Å². The molecule has 0 bridgehead atoms. The van der Waals surface area contributed by atoms with Gasteiger partial charge in [0.1, 0.15) is 0 Å². The molecule has 124 valence electrons. The Morgan fingerprint density at radius 3 is 2.88 bits per heavy atom. The second kappa shape index (κ2) is 6.40. The molecule has 2 heterocycles. The van der Waals surface area contributed by atoms with Crippen LogP contribution in [0.3, 0.4) is 0 Å². The Morgan fingerprint density at radius 1 is 1.38 bits per heavy atom. The number of fused-ring (bicyclic) bond motifs is 1. The van der Waals surface area contributed by atoms with Gasteiger partial charge in [0, 0.05) is 30.6 Å². The van der Waals surface area contributed by atoms with E-state index in [0.29, 0.717) is 12.1 Å². The van der Waals surface area contributed by atoms with Crippen LogP contribution >= 0.6 is 0 Å². The van der Waals surface area contributed by atoms with E-state index in [1.165, 1.54) is 0 Å². The van der Waals surface area contributed by atoms with Gasteiger partial charge in [0.05, 0.1) is 11.1 Å². The molecule has 3 rings (SSSR count). The summed E-state index contributed by atoms with van der Waals surface area (Å²) < 4.78 is 0. The summed E-state index contributed by atoms with van der Waals surface area (Å²) in [6.45, 7) is 5.10. The molecule has 1 aliphatic heterocycles. The summed E-state index contributed by atoms with van der Waals surface area (Å²) in [6.07, 6.45) is 3.86. The standard InChI is InChI=1S/C19H21N3O2/c1-3-5-16(23)22-9-4-6-13(11-22)14-7-8-15(19(20)24)18-17(14)12(2)10-21-18/h7-8,10,13,21H,4,6,9,11H2,1-2H3,(H2,20,24). The maximum atomic E-state index is 12.1. The predicted molar refractivity (Wildman–Crippen MR) is 93.6 cm³/mol. The molecule has 0 saturated carbocycles. The van der Waals surface area contributed by atoms with Crippen LogP contribution in [0.15, 0.2) is 18.3 Å². The first-order valence-electron chi connectivity index (χ1n) is 8.15. The van der Waals surface area contributed by atoms with E-state index in [1.807, 2.05) is 24.1 Å². The number of rotatable bonds is 2. The molecule has 1 aliphatic rings. The third-order valence-electron chi connectivity index (χ3n) is 4.71. The zero-order valence-corrected chi connectivity index (χ0v) is 14.0. The molecular formula is C19H21N3O2. The van der Waals surface area contributed by atoms with Crippen molar-refractivity contribution in [1.82, 2.24) is 9.88 Å². The fourth-order valence-corrected chi connectivity index (χ4v) is 3.59. The average molecular weight is 323 g/mol. The third-order valence-corrected chi connectivity index (χ3v) is 4.71. The van der Waals surface area contributed by atoms with Crippen molar-refractivity contribution in [2.24, 2.45) is 5.73 Å². The lowest BCUT2D eigenvalue weighted by atomic mass is 9.86. The van der Waals surface area contributed by atoms with Gasteiger partial charge in [0.25, 0.3) is 11.8 Å². The first kappa shape index (κ1) is 16.1. The number of aryl methyl sites for hydroxylation is 1. The Morgan fingerprint density at radius 2 is 2.17 bits per heavy atom. The summed E-state index contributed by atoms with van der Waals surface area (Å²) in [5.41, 5.74) is 9.02. The highest BCUT2D eigenvalue weighted by molar-refractivity contribution is 6.06. The van der Waals surface area contributed by atoms with Crippen LogP contribution in [0.5, 0.6) is 0 Å². The highest BCUT2D eigenvalue weighted by Gasteiger charge is 2.26. The molecule has 1 atom stereocenters. The van der Waals surface area contributed by atoms with Crippen molar-refractivity contribution in [3.05, 3.63) is 35.0 Å². The Bertz CT molecular complexity index is 870. The first-order valence-corrected chi connectivity index (χ1v) is 8.15. The Balaban J connectivity index is 2.01. The van der Waals surface area contributed by atoms with E-state index in [4.69, 9.17) is 5.73 Å². The van der Waals surface area contributed by atoms with Crippen LogP contribution in [0.1, 0.15) is 47.2 Å². The minimum absolute atomic E-state index is 0.113. The Kier molecular flexibility index (Phi) is 4.30. The second-order valence-electron chi connectivity index (χ2n) is 6.25. The first-order chi connectivity index (χ1) is 11.5. The van der Waals surface area contributed by atoms with Gasteiger partial charge in [-0.05, 0) is 49.8 Å². The van der Waals surface area contributed by atoms with Gasteiger partial charge in [-0.2, -0.15) is 0 Å². The molecule has 0 aliphatic carbocycles. The highest BCUT2D eigenvalue weighted by Crippen LogP contribution is 2.35. The molecule has 1 saturated heterocycles. The van der Waals surface area contributed by atoms with Crippen molar-refractivity contribution in [3.63, 3.8) is 0 Å². The van der Waals surface area contributed by atoms with Crippen molar-refractivity contribution >= 4 is 22.7 Å². The number of hydrogen-bond donors (Lipinski definition) is 2. The fourth-order valence-electron chi connectivity index (χ4n) is 3.59. The van der Waals surface area contributed by atoms with E-state index < -0.39 is 5.91 Å². The minimum Gasteiger partial charge on any atom is -0.366 e. The van der Waals surface area contributed by atoms with Crippen molar-refractivity contribution in [2.75, 3.05) is 13.1 Å². The number of nitrogens with zero attached hydrogens (tertiary/aromatic N) is 1. The number of nitrogens with two attached hydrogens (primary N) is 1. The van der Waals surface area contributed by atoms with Gasteiger partial charge in [0.2, 0.25) is 0 Å². The molecule has 0 spiro atoms. The van der Waals surface area contributed by atoms with Crippen LogP contribution in [0, 0.1) is 18.8 Å². The number of likely N-dealkylation sites (tertiary alicyclic amines) is 1. The second-order valence-corrected chi connectivity index (χ2v) is 6.25. The van der Waals surface area contributed by atoms with Gasteiger partial charge in [0.15, 0.2) is 0 Å². The largest absolute Gasteiger partial charge is 0.366 e. The molecular weight excluding hydrogens is 302 g/mol. The van der Waals surface area contributed by atoms with Gasteiger partial charge in [-0.25, -0.2) is 0 Å². The van der Waals surface area contributed by atoms with Crippen LogP contribution in [-0.4, -0.2) is 34.8 Å². The molecule has 5 nitrogen and oxygen atoms in total. The molecule has 1 aromatic carbocycles. The summed E-state index contributed by atoms with van der Waals surface area (Å²) in [5.74, 6) is 4.99. The van der Waals surface area contributed by atoms with Gasteiger partial charge in [-0.1, -0.05) is 12.0 Å². The predicted octanol–water partition coefficient (Wildman–Crippen LogP) is 2.30. The van der Waals surface area contributed by atoms with E-state index in [1.54, 1.807) is 13.0 Å². The van der Waals surface area contributed by atoms with Gasteiger partial charge in [-0.3, -0.25) is 9.59 Å². The minimum atomic E-state index is -0.438. The summed E-state index contributed by atoms with van der Waals surface area (Å²) >= 11 is 0. The number of piperidine rings is 1. The van der Waals surface area contributed by atoms with E-state index in [9.17, 15) is 9.59 Å². The van der Waals surface area contributed by atoms with Crippen LogP contribution in [0.2, 0.25) is 0 Å². The maximum Gasteiger partial charge on any atom is 0.298 e. The maximum absolute atomic E-state index is 12.1. The SMILES string of the molecule is CC#CC(=O)N1CCCC(c2ccc(C(N)=O)c3[nH]cc(C)c23)C1. The van der Waals surface area contributed by atoms with E-state index >= 15 is 0 Å². The molecule has 5 heteroatoms. The average Bonchev–Trinajstić information content (AvgIpc) is 2.96. The number of primary amides is 1. The zero-order valence-electron chi connectivity index (χ0n) is 14.0. The summed E-state index contributed by atoms with van der Waals surface area (Å²) in [6, 6.07) is 3.76. The normalized spacial score (nSPS) is 17.4. The lowest BCUT2D eigenvalue weighted by Crippen LogP contribution is -2.38. The highest BCUT2D eigenvalue weighted by atomic mass is 16.2. The van der Waals surface area contributed by atoms with Gasteiger partial charge in [-0.15, -0.1) is 0 Å². The summed E-state index contributed by atoms with van der Waals surface area (Å²) in [4.78, 5) is 28.7. The molecule has 24 heavy (non-hydrogen) atoms. The molecule has 2 amide bonds. The molecule has 3 N–H and O–H groups in total. The Hall–Kier alpha value is -2.74. The molecule has 0 radical (unpaired) electrons. The number of carbonyl (C=O) groups excluding carboxylic acids is 2. The molecule has 2 aromatic rings. The number of amides is 2. The van der Waals surface area contributed by atoms with Gasteiger partial charge >= 0.3 is 0 Å². The number of aromatic amines is 1. The number of hydrogen-bond acceptors (Lipinski definition) is 2. The zero-order chi connectivity index (χ0) is 17.3. The number of benzene rings is 1. The molecule has 1 unspecified atom stereocenters. The number of H-pyrrole nitrogens is 1. The van der Waals surface area contributed by atoms with E-state index in [-0.39, 0.29) is 11.8 Å². The number of nitrogens with one attached hydrogen (secondary N) is 1. The van der Waals surface area contributed by atoms with Crippen molar-refractivity contribution in [2.45, 2.75) is 32.6 Å². The molecule has 1 fully saturated rings. The third kappa shape index (κ3) is 2.76. The Labute approximate surface area is 141 Å². The fraction of sp³-hybridized carbons (Fsp3) is 0.368. The smallest absolute Gasteiger partial charge is 0.298 e. The van der Waals surface area contributed by atoms with Crippen molar-refractivity contribution in [3.8, 4) is 11.8 Å². The van der Waals surface area contributed by atoms with Crippen LogP contribution in [0.4, 0.5) is 0 Å². The quantitative estimate of drug-likeness (QED) is 0.832. The number of carbonyl (C=O) groups is 2. The molecule has 1 aromatic heterocycles. The van der Waals surface area contributed by atoms with E-state index in [0.717, 1.165) is 41.4 Å². The van der Waals surface area contributed by atoms with Gasteiger partial charge < -0.3 is 15.6 Å². The van der Waals surface area contributed by atoms with Crippen molar-refractivity contribution in [1.29, 1.82) is 0 Å². The monoisotopic (exact) mass is 323 g/mol. The lowest BCUT2D eigenvalue weighted by Gasteiger charge is -2.32. The topological polar surface area (TPSA) is 79.2 Å². The van der Waals surface area contributed by atoms with Crippen LogP contribution < -0.4 is 5.73 Å². The summed E-state index contributed by atoms with van der Waals surface area (Å²) in [7, 11) is 0. The number of aromatic nitrogens is 1. The lowest BCUT2D eigenvalue weighted by molar-refractivity contribution is -0.126. The summed E-state index contributed by atoms with van der Waals surface area (Å²) in [5, 5.41) is 1.05. The van der Waals surface area contributed by atoms with Crippen molar-refractivity contribution < 1.29 is 9.59 Å².